The van der Waals surface area contributed by atoms with Crippen molar-refractivity contribution in [2.75, 3.05) is 19.4 Å². The van der Waals surface area contributed by atoms with E-state index in [1.807, 2.05) is 6.92 Å². The predicted molar refractivity (Wildman–Crippen MR) is 121 cm³/mol. The molecule has 2 N–H and O–H groups in total. The van der Waals surface area contributed by atoms with Crippen LogP contribution in [0, 0.1) is 0 Å². The fourth-order valence-electron chi connectivity index (χ4n) is 2.92. The van der Waals surface area contributed by atoms with E-state index in [1.54, 1.807) is 24.3 Å². The molecule has 0 aliphatic heterocycles. The van der Waals surface area contributed by atoms with Crippen molar-refractivity contribution in [2.24, 2.45) is 0 Å². The van der Waals surface area contributed by atoms with E-state index < -0.39 is 23.7 Å². The molecule has 3 aromatic rings. The molecule has 0 saturated carbocycles. The van der Waals surface area contributed by atoms with Crippen LogP contribution in [0.15, 0.2) is 53.7 Å². The van der Waals surface area contributed by atoms with Gasteiger partial charge in [0, 0.05) is 12.1 Å². The summed E-state index contributed by atoms with van der Waals surface area (Å²) in [5, 5.41) is 13.1. The Morgan fingerprint density at radius 3 is 2.50 bits per heavy atom. The lowest BCUT2D eigenvalue weighted by molar-refractivity contribution is -0.137. The van der Waals surface area contributed by atoms with Crippen molar-refractivity contribution in [3.63, 3.8) is 0 Å². The molecule has 0 aliphatic rings. The summed E-state index contributed by atoms with van der Waals surface area (Å²) in [6.45, 7) is 2.29. The molecule has 3 rings (SSSR count). The van der Waals surface area contributed by atoms with Crippen molar-refractivity contribution in [3.05, 3.63) is 54.1 Å². The van der Waals surface area contributed by atoms with Gasteiger partial charge in [-0.1, -0.05) is 24.8 Å². The van der Waals surface area contributed by atoms with Gasteiger partial charge >= 0.3 is 12.2 Å². The van der Waals surface area contributed by atoms with E-state index in [0.717, 1.165) is 23.9 Å². The molecule has 0 bridgehead atoms. The Morgan fingerprint density at radius 1 is 1.12 bits per heavy atom. The Labute approximate surface area is 197 Å². The van der Waals surface area contributed by atoms with Crippen LogP contribution in [0.5, 0.6) is 5.75 Å². The van der Waals surface area contributed by atoms with Gasteiger partial charge in [-0.25, -0.2) is 4.79 Å². The van der Waals surface area contributed by atoms with Crippen LogP contribution in [-0.2, 0) is 11.0 Å². The van der Waals surface area contributed by atoms with Gasteiger partial charge in [0.1, 0.15) is 5.75 Å². The normalized spacial score (nSPS) is 11.2. The molecule has 0 atom stereocenters. The first-order valence-corrected chi connectivity index (χ1v) is 11.2. The Kier molecular flexibility index (Phi) is 8.16. The SMILES string of the molecule is CCCNC(=O)NC(=O)CSc1nnc(-c2ccc(OC)cc2)n1-c1cccc(C(F)(F)F)c1. The number of alkyl halides is 3. The number of halogens is 3. The molecule has 1 aromatic heterocycles. The van der Waals surface area contributed by atoms with E-state index in [2.05, 4.69) is 20.8 Å². The largest absolute Gasteiger partial charge is 0.497 e. The zero-order valence-electron chi connectivity index (χ0n) is 18.3. The second-order valence-electron chi connectivity index (χ2n) is 7.01. The first-order chi connectivity index (χ1) is 16.2. The molecular formula is C22H22F3N5O3S. The van der Waals surface area contributed by atoms with E-state index in [-0.39, 0.29) is 22.4 Å². The number of hydrogen-bond donors (Lipinski definition) is 2. The van der Waals surface area contributed by atoms with Crippen LogP contribution in [-0.4, -0.2) is 46.1 Å². The number of amides is 3. The first kappa shape index (κ1) is 25.1. The fraction of sp³-hybridized carbons (Fsp3) is 0.273. The highest BCUT2D eigenvalue weighted by molar-refractivity contribution is 7.99. The molecule has 0 unspecified atom stereocenters. The van der Waals surface area contributed by atoms with Gasteiger partial charge in [0.05, 0.1) is 24.1 Å². The quantitative estimate of drug-likeness (QED) is 0.455. The van der Waals surface area contributed by atoms with E-state index in [9.17, 15) is 22.8 Å². The number of imide groups is 1. The molecule has 0 radical (unpaired) electrons. The summed E-state index contributed by atoms with van der Waals surface area (Å²) >= 11 is 0.944. The van der Waals surface area contributed by atoms with Crippen LogP contribution in [0.25, 0.3) is 17.1 Å². The number of rotatable bonds is 8. The molecule has 1 heterocycles. The maximum absolute atomic E-state index is 13.3. The number of carbonyl (C=O) groups excluding carboxylic acids is 2. The average molecular weight is 494 g/mol. The zero-order valence-corrected chi connectivity index (χ0v) is 19.2. The first-order valence-electron chi connectivity index (χ1n) is 10.2. The Balaban J connectivity index is 1.93. The van der Waals surface area contributed by atoms with E-state index >= 15 is 0 Å². The molecule has 0 fully saturated rings. The molecule has 8 nitrogen and oxygen atoms in total. The van der Waals surface area contributed by atoms with Crippen LogP contribution in [0.1, 0.15) is 18.9 Å². The lowest BCUT2D eigenvalue weighted by atomic mass is 10.1. The summed E-state index contributed by atoms with van der Waals surface area (Å²) in [7, 11) is 1.52. The minimum atomic E-state index is -4.54. The summed E-state index contributed by atoms with van der Waals surface area (Å²) in [6, 6.07) is 10.9. The predicted octanol–water partition coefficient (Wildman–Crippen LogP) is 4.29. The van der Waals surface area contributed by atoms with Crippen molar-refractivity contribution in [1.82, 2.24) is 25.4 Å². The Morgan fingerprint density at radius 2 is 1.85 bits per heavy atom. The summed E-state index contributed by atoms with van der Waals surface area (Å²) in [5.41, 5.74) is -0.0733. The number of nitrogens with zero attached hydrogens (tertiary/aromatic N) is 3. The monoisotopic (exact) mass is 493 g/mol. The van der Waals surface area contributed by atoms with E-state index in [4.69, 9.17) is 4.74 Å². The van der Waals surface area contributed by atoms with Crippen LogP contribution >= 0.6 is 11.8 Å². The number of benzene rings is 2. The highest BCUT2D eigenvalue weighted by atomic mass is 32.2. The van der Waals surface area contributed by atoms with Gasteiger partial charge in [-0.2, -0.15) is 13.2 Å². The second-order valence-corrected chi connectivity index (χ2v) is 7.95. The summed E-state index contributed by atoms with van der Waals surface area (Å²) in [6.07, 6.45) is -3.83. The fourth-order valence-corrected chi connectivity index (χ4v) is 3.67. The minimum Gasteiger partial charge on any atom is -0.497 e. The minimum absolute atomic E-state index is 0.175. The molecule has 3 amide bonds. The molecule has 0 aliphatic carbocycles. The van der Waals surface area contributed by atoms with Gasteiger partial charge in [0.15, 0.2) is 11.0 Å². The number of aromatic nitrogens is 3. The average Bonchev–Trinajstić information content (AvgIpc) is 3.25. The van der Waals surface area contributed by atoms with Crippen molar-refractivity contribution < 1.29 is 27.5 Å². The van der Waals surface area contributed by atoms with E-state index in [1.165, 1.54) is 23.8 Å². The van der Waals surface area contributed by atoms with Crippen LogP contribution in [0.2, 0.25) is 0 Å². The van der Waals surface area contributed by atoms with Gasteiger partial charge in [-0.3, -0.25) is 14.7 Å². The summed E-state index contributed by atoms with van der Waals surface area (Å²) in [4.78, 5) is 23.8. The highest BCUT2D eigenvalue weighted by Gasteiger charge is 2.31. The Hall–Kier alpha value is -3.54. The number of hydrogen-bond acceptors (Lipinski definition) is 6. The second kappa shape index (κ2) is 11.1. The number of ether oxygens (including phenoxy) is 1. The third kappa shape index (κ3) is 6.28. The van der Waals surface area contributed by atoms with Gasteiger partial charge in [-0.15, -0.1) is 10.2 Å². The molecule has 0 spiro atoms. The van der Waals surface area contributed by atoms with Crippen molar-refractivity contribution in [3.8, 4) is 22.8 Å². The number of nitrogens with one attached hydrogen (secondary N) is 2. The lowest BCUT2D eigenvalue weighted by Crippen LogP contribution is -2.40. The van der Waals surface area contributed by atoms with Gasteiger partial charge < -0.3 is 10.1 Å². The van der Waals surface area contributed by atoms with Gasteiger partial charge in [-0.05, 0) is 48.9 Å². The number of urea groups is 1. The van der Waals surface area contributed by atoms with Gasteiger partial charge in [0.25, 0.3) is 0 Å². The maximum Gasteiger partial charge on any atom is 0.416 e. The standard InChI is InChI=1S/C22H22F3N5O3S/c1-3-11-26-20(32)27-18(31)13-34-21-29-28-19(14-7-9-17(33-2)10-8-14)30(21)16-6-4-5-15(12-16)22(23,24)25/h4-10,12H,3,11,13H2,1-2H3,(H2,26,27,31,32). The number of carbonyl (C=O) groups is 2. The number of methoxy groups -OCH3 is 1. The molecule has 34 heavy (non-hydrogen) atoms. The molecule has 2 aromatic carbocycles. The summed E-state index contributed by atoms with van der Waals surface area (Å²) in [5.74, 6) is 0.106. The smallest absolute Gasteiger partial charge is 0.416 e. The maximum atomic E-state index is 13.3. The van der Waals surface area contributed by atoms with Gasteiger partial charge in [0.2, 0.25) is 5.91 Å². The Bertz CT molecular complexity index is 1150. The van der Waals surface area contributed by atoms with Crippen molar-refractivity contribution in [1.29, 1.82) is 0 Å². The molecule has 12 heteroatoms. The molecular weight excluding hydrogens is 471 g/mol. The lowest BCUT2D eigenvalue weighted by Gasteiger charge is -2.13. The van der Waals surface area contributed by atoms with Crippen molar-refractivity contribution >= 4 is 23.7 Å². The topological polar surface area (TPSA) is 98.1 Å². The third-order valence-corrected chi connectivity index (χ3v) is 5.46. The summed E-state index contributed by atoms with van der Waals surface area (Å²) < 4.78 is 46.6. The number of thioether (sulfide) groups is 1. The van der Waals surface area contributed by atoms with Crippen LogP contribution in [0.4, 0.5) is 18.0 Å². The third-order valence-electron chi connectivity index (χ3n) is 4.53. The zero-order chi connectivity index (χ0) is 24.7. The van der Waals surface area contributed by atoms with Crippen LogP contribution < -0.4 is 15.4 Å². The highest BCUT2D eigenvalue weighted by Crippen LogP contribution is 2.33. The molecule has 180 valence electrons. The van der Waals surface area contributed by atoms with Crippen LogP contribution in [0.3, 0.4) is 0 Å². The van der Waals surface area contributed by atoms with E-state index in [0.29, 0.717) is 24.3 Å². The van der Waals surface area contributed by atoms with Crippen molar-refractivity contribution in [2.45, 2.75) is 24.7 Å². The molecule has 0 saturated heterocycles.